The van der Waals surface area contributed by atoms with Gasteiger partial charge in [-0.05, 0) is 18.6 Å². The lowest BCUT2D eigenvalue weighted by molar-refractivity contribution is -0.168. The molecule has 172 valence electrons. The molecule has 13 heteroatoms. The summed E-state index contributed by atoms with van der Waals surface area (Å²) in [5.41, 5.74) is 1.53. The third kappa shape index (κ3) is 3.83. The first kappa shape index (κ1) is 21.1. The molecule has 1 saturated heterocycles. The number of carbonyl (C=O) groups excluding carboxylic acids is 2. The van der Waals surface area contributed by atoms with Gasteiger partial charge in [-0.3, -0.25) is 15.0 Å². The number of rotatable bonds is 4. The lowest BCUT2D eigenvalue weighted by Gasteiger charge is -2.35. The summed E-state index contributed by atoms with van der Waals surface area (Å²) in [5, 5.41) is 2.64. The van der Waals surface area contributed by atoms with Crippen molar-refractivity contribution in [1.82, 2.24) is 24.9 Å². The van der Waals surface area contributed by atoms with Crippen molar-refractivity contribution in [2.45, 2.75) is 32.0 Å². The first-order valence-electron chi connectivity index (χ1n) is 10.3. The number of aromatic nitrogens is 5. The molecular formula is C20H19F3N8O2. The molecule has 5 heterocycles. The number of imidazole rings is 1. The van der Waals surface area contributed by atoms with Crippen LogP contribution in [0.3, 0.4) is 0 Å². The fourth-order valence-electron chi connectivity index (χ4n) is 4.08. The van der Waals surface area contributed by atoms with E-state index < -0.39 is 30.3 Å². The Morgan fingerprint density at radius 2 is 2.09 bits per heavy atom. The quantitative estimate of drug-likeness (QED) is 0.574. The van der Waals surface area contributed by atoms with Gasteiger partial charge in [0.25, 0.3) is 0 Å². The van der Waals surface area contributed by atoms with Crippen LogP contribution in [0.25, 0.3) is 11.2 Å². The second kappa shape index (κ2) is 7.67. The van der Waals surface area contributed by atoms with E-state index >= 15 is 0 Å². The molecule has 2 amide bonds. The van der Waals surface area contributed by atoms with Crippen molar-refractivity contribution in [1.29, 1.82) is 0 Å². The number of hydrogen-bond acceptors (Lipinski definition) is 7. The van der Waals surface area contributed by atoms with Crippen molar-refractivity contribution in [3.05, 3.63) is 30.4 Å². The molecule has 2 aliphatic rings. The molecular weight excluding hydrogens is 441 g/mol. The van der Waals surface area contributed by atoms with Gasteiger partial charge in [-0.25, -0.2) is 19.7 Å². The number of H-pyrrole nitrogens is 1. The average Bonchev–Trinajstić information content (AvgIpc) is 3.40. The van der Waals surface area contributed by atoms with Crippen LogP contribution in [0, 0.1) is 5.92 Å². The highest BCUT2D eigenvalue weighted by Crippen LogP contribution is 2.39. The predicted molar refractivity (Wildman–Crippen MR) is 112 cm³/mol. The van der Waals surface area contributed by atoms with Crippen LogP contribution < -0.4 is 15.1 Å². The first-order chi connectivity index (χ1) is 15.7. The summed E-state index contributed by atoms with van der Waals surface area (Å²) >= 11 is 0. The number of ketones is 1. The van der Waals surface area contributed by atoms with Gasteiger partial charge in [0.1, 0.15) is 11.2 Å². The molecule has 10 nitrogen and oxygen atoms in total. The molecule has 1 fully saturated rings. The van der Waals surface area contributed by atoms with Gasteiger partial charge < -0.3 is 9.88 Å². The number of amides is 2. The number of aromatic amines is 1. The van der Waals surface area contributed by atoms with Gasteiger partial charge in [-0.1, -0.05) is 6.92 Å². The van der Waals surface area contributed by atoms with E-state index in [4.69, 9.17) is 0 Å². The Bertz CT molecular complexity index is 1240. The molecule has 33 heavy (non-hydrogen) atoms. The minimum Gasteiger partial charge on any atom is -0.366 e. The third-order valence-electron chi connectivity index (χ3n) is 5.90. The maximum atomic E-state index is 13.2. The minimum atomic E-state index is -4.48. The van der Waals surface area contributed by atoms with Gasteiger partial charge in [0, 0.05) is 19.5 Å². The second-order valence-corrected chi connectivity index (χ2v) is 8.13. The number of urea groups is 1. The Kier molecular flexibility index (Phi) is 4.91. The monoisotopic (exact) mass is 460 g/mol. The summed E-state index contributed by atoms with van der Waals surface area (Å²) in [6.07, 6.45) is -1.57. The highest BCUT2D eigenvalue weighted by molar-refractivity contribution is 6.05. The molecule has 0 radical (unpaired) electrons. The molecule has 0 spiro atoms. The van der Waals surface area contributed by atoms with E-state index in [0.717, 1.165) is 6.92 Å². The normalized spacial score (nSPS) is 18.4. The Hall–Kier alpha value is -3.77. The number of Topliss-reactive ketones (excluding diaryl/α,β-unsaturated/α-hetero) is 1. The molecule has 5 rings (SSSR count). The summed E-state index contributed by atoms with van der Waals surface area (Å²) in [6.45, 7) is 2.23. The van der Waals surface area contributed by atoms with Gasteiger partial charge in [0.15, 0.2) is 17.2 Å². The minimum absolute atomic E-state index is 0.0489. The van der Waals surface area contributed by atoms with E-state index in [2.05, 4.69) is 30.2 Å². The molecule has 2 N–H and O–H groups in total. The zero-order valence-corrected chi connectivity index (χ0v) is 17.4. The van der Waals surface area contributed by atoms with Gasteiger partial charge >= 0.3 is 12.2 Å². The van der Waals surface area contributed by atoms with Crippen molar-refractivity contribution in [3.8, 4) is 0 Å². The summed E-state index contributed by atoms with van der Waals surface area (Å²) in [4.78, 5) is 48.7. The number of fused-ring (bicyclic) bond motifs is 5. The first-order valence-corrected chi connectivity index (χ1v) is 10.3. The number of nitrogens with zero attached hydrogens (tertiary/aromatic N) is 6. The van der Waals surface area contributed by atoms with Crippen LogP contribution in [0.4, 0.5) is 35.4 Å². The maximum absolute atomic E-state index is 13.2. The number of hydrogen-bond donors (Lipinski definition) is 2. The van der Waals surface area contributed by atoms with E-state index in [9.17, 15) is 22.8 Å². The van der Waals surface area contributed by atoms with E-state index in [1.165, 1.54) is 23.5 Å². The zero-order valence-electron chi connectivity index (χ0n) is 17.4. The van der Waals surface area contributed by atoms with Crippen LogP contribution in [-0.2, 0) is 0 Å². The standard InChI is InChI=1S/C20H19F3N8O2/c1-10(20(21,22)23)6-15(32)12-2-3-14-17(27-12)31(11-4-5-30(14)8-11)19(33)29-18-24-7-13-16(28-18)26-9-25-13/h2-3,7,9-11H,4-6,8H2,1H3,(H2,24,25,26,28,29,33)/t10-,11-/m0/s1. The van der Waals surface area contributed by atoms with Crippen molar-refractivity contribution >= 4 is 40.4 Å². The van der Waals surface area contributed by atoms with Crippen molar-refractivity contribution in [2.24, 2.45) is 5.92 Å². The van der Waals surface area contributed by atoms with Gasteiger partial charge in [-0.2, -0.15) is 18.2 Å². The summed E-state index contributed by atoms with van der Waals surface area (Å²) in [5.74, 6) is -2.25. The van der Waals surface area contributed by atoms with E-state index in [0.29, 0.717) is 36.4 Å². The largest absolute Gasteiger partial charge is 0.391 e. The Labute approximate surface area is 185 Å². The average molecular weight is 460 g/mol. The Balaban J connectivity index is 1.43. The molecule has 0 saturated carbocycles. The predicted octanol–water partition coefficient (Wildman–Crippen LogP) is 3.15. The number of anilines is 3. The van der Waals surface area contributed by atoms with Crippen LogP contribution in [0.1, 0.15) is 30.3 Å². The van der Waals surface area contributed by atoms with E-state index in [1.54, 1.807) is 6.07 Å². The zero-order chi connectivity index (χ0) is 23.3. The van der Waals surface area contributed by atoms with Crippen LogP contribution in [0.5, 0.6) is 0 Å². The van der Waals surface area contributed by atoms with E-state index in [1.807, 2.05) is 4.90 Å². The molecule has 3 aromatic heterocycles. The van der Waals surface area contributed by atoms with Crippen LogP contribution in [-0.4, -0.2) is 62.0 Å². The van der Waals surface area contributed by atoms with Gasteiger partial charge in [-0.15, -0.1) is 0 Å². The third-order valence-corrected chi connectivity index (χ3v) is 5.90. The van der Waals surface area contributed by atoms with Crippen LogP contribution in [0.15, 0.2) is 24.7 Å². The van der Waals surface area contributed by atoms with Crippen LogP contribution >= 0.6 is 0 Å². The number of nitrogens with one attached hydrogen (secondary N) is 2. The molecule has 3 aromatic rings. The summed E-state index contributed by atoms with van der Waals surface area (Å²) in [7, 11) is 0. The Morgan fingerprint density at radius 3 is 2.88 bits per heavy atom. The van der Waals surface area contributed by atoms with Crippen molar-refractivity contribution < 1.29 is 22.8 Å². The number of halogens is 3. The Morgan fingerprint density at radius 1 is 1.27 bits per heavy atom. The lowest BCUT2D eigenvalue weighted by Crippen LogP contribution is -2.48. The van der Waals surface area contributed by atoms with Crippen LogP contribution in [0.2, 0.25) is 0 Å². The molecule has 0 aromatic carbocycles. The highest BCUT2D eigenvalue weighted by atomic mass is 19.4. The molecule has 2 aliphatic heterocycles. The molecule has 2 atom stereocenters. The van der Waals surface area contributed by atoms with Crippen molar-refractivity contribution in [2.75, 3.05) is 28.2 Å². The number of alkyl halides is 3. The maximum Gasteiger partial charge on any atom is 0.391 e. The summed E-state index contributed by atoms with van der Waals surface area (Å²) in [6, 6.07) is 2.28. The smallest absolute Gasteiger partial charge is 0.366 e. The van der Waals surface area contributed by atoms with Crippen molar-refractivity contribution in [3.63, 3.8) is 0 Å². The lowest BCUT2D eigenvalue weighted by atomic mass is 10.0. The second-order valence-electron chi connectivity index (χ2n) is 8.13. The number of pyridine rings is 1. The fourth-order valence-corrected chi connectivity index (χ4v) is 4.08. The molecule has 0 unspecified atom stereocenters. The number of carbonyl (C=O) groups is 2. The van der Waals surface area contributed by atoms with E-state index in [-0.39, 0.29) is 23.5 Å². The van der Waals surface area contributed by atoms with Gasteiger partial charge in [0.05, 0.1) is 30.2 Å². The summed E-state index contributed by atoms with van der Waals surface area (Å²) < 4.78 is 38.7. The topological polar surface area (TPSA) is 120 Å². The fraction of sp³-hybridized carbons (Fsp3) is 0.400. The SMILES string of the molecule is C[C@@H](CC(=O)c1ccc2c(n1)N(C(=O)Nc1ncc3[nH]cnc3n1)[C@H]1CCN2C1)C(F)(F)F. The van der Waals surface area contributed by atoms with Gasteiger partial charge in [0.2, 0.25) is 5.95 Å². The highest BCUT2D eigenvalue weighted by Gasteiger charge is 2.41. The molecule has 0 aliphatic carbocycles. The molecule has 2 bridgehead atoms.